The van der Waals surface area contributed by atoms with E-state index in [0.717, 1.165) is 82.9 Å². The minimum Gasteiger partial charge on any atom is -0.463 e. The topological polar surface area (TPSA) is 152 Å². The van der Waals surface area contributed by atoms with Gasteiger partial charge in [-0.2, -0.15) is 0 Å². The van der Waals surface area contributed by atoms with E-state index in [0.29, 0.717) is 29.7 Å². The lowest BCUT2D eigenvalue weighted by Crippen LogP contribution is -2.94. The van der Waals surface area contributed by atoms with Crippen molar-refractivity contribution in [2.75, 3.05) is 26.3 Å². The van der Waals surface area contributed by atoms with Gasteiger partial charge < -0.3 is 25.2 Å². The molecule has 2 saturated heterocycles. The summed E-state index contributed by atoms with van der Waals surface area (Å²) in [6, 6.07) is 0.180. The molecule has 49 heavy (non-hydrogen) atoms. The quantitative estimate of drug-likeness (QED) is 0.101. The maximum absolute atomic E-state index is 14.8. The fourth-order valence-electron chi connectivity index (χ4n) is 10.4. The Morgan fingerprint density at radius 1 is 1.16 bits per heavy atom. The van der Waals surface area contributed by atoms with Crippen LogP contribution in [-0.4, -0.2) is 72.4 Å². The average molecular weight is 682 g/mol. The number of carbonyl (C=O) groups excluding carboxylic acids is 3. The number of allylic oxidation sites excluding steroid dienone is 4. The Kier molecular flexibility index (Phi) is 11.4. The van der Waals surface area contributed by atoms with Gasteiger partial charge in [-0.3, -0.25) is 15.3 Å². The normalized spacial score (nSPS) is 39.0. The van der Waals surface area contributed by atoms with Crippen LogP contribution in [0, 0.1) is 41.4 Å². The molecule has 5 unspecified atom stereocenters. The van der Waals surface area contributed by atoms with E-state index in [-0.39, 0.29) is 55.2 Å². The highest BCUT2D eigenvalue weighted by molar-refractivity contribution is 6.23. The smallest absolute Gasteiger partial charge is 0.350 e. The molecule has 0 amide bonds. The summed E-state index contributed by atoms with van der Waals surface area (Å²) in [7, 11) is 0. The van der Waals surface area contributed by atoms with E-state index in [1.165, 1.54) is 5.57 Å². The van der Waals surface area contributed by atoms with Gasteiger partial charge in [0.05, 0.1) is 19.7 Å². The Hall–Kier alpha value is -2.17. The van der Waals surface area contributed by atoms with Crippen LogP contribution >= 0.6 is 0 Å². The Morgan fingerprint density at radius 3 is 2.71 bits per heavy atom. The number of ketones is 2. The second kappa shape index (κ2) is 15.2. The second-order valence-corrected chi connectivity index (χ2v) is 16.8. The van der Waals surface area contributed by atoms with Gasteiger partial charge in [-0.1, -0.05) is 38.0 Å². The predicted octanol–water partition coefficient (Wildman–Crippen LogP) is 2.87. The number of fused-ring (bicyclic) bond motifs is 3. The number of hydrogen-bond acceptors (Lipinski definition) is 7. The monoisotopic (exact) mass is 681 g/mol. The molecule has 272 valence electrons. The van der Waals surface area contributed by atoms with Gasteiger partial charge in [-0.25, -0.2) is 4.79 Å². The van der Waals surface area contributed by atoms with Crippen LogP contribution in [0.2, 0.25) is 0 Å². The fourth-order valence-corrected chi connectivity index (χ4v) is 10.4. The molecule has 0 aromatic rings. The molecule has 9 heteroatoms. The fraction of sp³-hybridized carbons (Fsp3) is 0.775. The SMILES string of the molecule is CC[NH2+][C@H]1C=C2C=CCC[C@H]2C[C@H]1COC(=O)[C@]12O[C@@]1(CC(CO)=C(C)CCC1CC[NH2+]C(N)C1)C(=O)C1CCCC(CC(C)C)C1C2=O. The molecule has 2 saturated carbocycles. The van der Waals surface area contributed by atoms with Crippen LogP contribution in [0.1, 0.15) is 105 Å². The Morgan fingerprint density at radius 2 is 1.98 bits per heavy atom. The van der Waals surface area contributed by atoms with Crippen molar-refractivity contribution in [3.8, 4) is 0 Å². The number of carbonyl (C=O) groups is 3. The predicted molar refractivity (Wildman–Crippen MR) is 187 cm³/mol. The van der Waals surface area contributed by atoms with Crippen molar-refractivity contribution in [1.82, 2.24) is 0 Å². The first-order chi connectivity index (χ1) is 23.5. The van der Waals surface area contributed by atoms with Crippen molar-refractivity contribution in [3.63, 3.8) is 0 Å². The molecule has 4 fully saturated rings. The Labute approximate surface area is 293 Å². The number of aliphatic hydroxyl groups excluding tert-OH is 1. The van der Waals surface area contributed by atoms with Gasteiger partial charge in [0.15, 0.2) is 17.2 Å². The molecule has 4 aliphatic carbocycles. The molecule has 7 N–H and O–H groups in total. The molecule has 0 bridgehead atoms. The summed E-state index contributed by atoms with van der Waals surface area (Å²) in [6.45, 7) is 10.3. The number of piperidine rings is 1. The van der Waals surface area contributed by atoms with Gasteiger partial charge in [0.25, 0.3) is 5.60 Å². The number of rotatable bonds is 13. The van der Waals surface area contributed by atoms with E-state index in [1.54, 1.807) is 0 Å². The minimum atomic E-state index is -1.93. The van der Waals surface area contributed by atoms with Gasteiger partial charge in [0, 0.05) is 30.6 Å². The highest BCUT2D eigenvalue weighted by atomic mass is 16.7. The summed E-state index contributed by atoms with van der Waals surface area (Å²) in [5.74, 6) is -0.589. The van der Waals surface area contributed by atoms with Crippen LogP contribution in [-0.2, 0) is 23.9 Å². The Balaban J connectivity index is 1.27. The summed E-state index contributed by atoms with van der Waals surface area (Å²) in [6.07, 6.45) is 17.1. The number of esters is 1. The van der Waals surface area contributed by atoms with E-state index in [4.69, 9.17) is 15.2 Å². The molecule has 0 aromatic heterocycles. The summed E-state index contributed by atoms with van der Waals surface area (Å²) >= 11 is 0. The molecule has 0 aromatic carbocycles. The zero-order valence-corrected chi connectivity index (χ0v) is 30.5. The van der Waals surface area contributed by atoms with Gasteiger partial charge in [0.1, 0.15) is 18.8 Å². The first-order valence-electron chi connectivity index (χ1n) is 19.6. The highest BCUT2D eigenvalue weighted by Crippen LogP contribution is 2.63. The number of likely N-dealkylation sites (N-methyl/N-ethyl adjacent to an activating group) is 1. The lowest BCUT2D eigenvalue weighted by molar-refractivity contribution is -0.699. The van der Waals surface area contributed by atoms with Gasteiger partial charge >= 0.3 is 5.97 Å². The minimum absolute atomic E-state index is 0.0422. The van der Waals surface area contributed by atoms with Crippen LogP contribution in [0.5, 0.6) is 0 Å². The van der Waals surface area contributed by atoms with Gasteiger partial charge in [-0.15, -0.1) is 0 Å². The molecular formula is C40H63N3O6+2. The highest BCUT2D eigenvalue weighted by Gasteiger charge is 2.87. The maximum atomic E-state index is 14.8. The van der Waals surface area contributed by atoms with Crippen LogP contribution in [0.15, 0.2) is 34.9 Å². The van der Waals surface area contributed by atoms with Crippen molar-refractivity contribution in [2.45, 2.75) is 128 Å². The van der Waals surface area contributed by atoms with Crippen molar-refractivity contribution in [2.24, 2.45) is 47.2 Å². The van der Waals surface area contributed by atoms with Crippen molar-refractivity contribution >= 4 is 17.5 Å². The molecule has 6 rings (SSSR count). The summed E-state index contributed by atoms with van der Waals surface area (Å²) in [5, 5.41) is 15.2. The van der Waals surface area contributed by atoms with Crippen LogP contribution in [0.4, 0.5) is 0 Å². The molecular weight excluding hydrogens is 618 g/mol. The third-order valence-electron chi connectivity index (χ3n) is 13.1. The molecule has 0 radical (unpaired) electrons. The zero-order valence-electron chi connectivity index (χ0n) is 30.5. The van der Waals surface area contributed by atoms with Crippen molar-refractivity contribution in [1.29, 1.82) is 0 Å². The number of quaternary nitrogens is 2. The number of nitrogens with two attached hydrogens (primary N) is 3. The summed E-state index contributed by atoms with van der Waals surface area (Å²) in [5.41, 5.74) is 5.75. The summed E-state index contributed by atoms with van der Waals surface area (Å²) < 4.78 is 12.6. The number of ether oxygens (including phenoxy) is 2. The third-order valence-corrected chi connectivity index (χ3v) is 13.1. The van der Waals surface area contributed by atoms with Crippen LogP contribution in [0.25, 0.3) is 0 Å². The standard InChI is InChI=1S/C40H61N3O6/c1-5-42-33-20-28-10-7-6-9-27(28)19-30(33)23-48-38(47)40-37(46)35-29(17-24(2)3)11-8-12-32(35)36(45)39(40,49-40)21-31(22-44)25(4)13-14-26-15-16-43-34(41)18-26/h7,10,20,24,26-27,29-30,32-35,42-44H,5-6,8-9,11-19,21-23,41H2,1-4H3/p+2/t26?,27-,29?,30-,32?,33-,34?,35?,39-,40-/m0/s1. The molecule has 2 aliphatic heterocycles. The Bertz CT molecular complexity index is 1350. The molecule has 2 heterocycles. The average Bonchev–Trinajstić information content (AvgIpc) is 3.79. The van der Waals surface area contributed by atoms with E-state index in [2.05, 4.69) is 49.6 Å². The number of hydrogen-bond donors (Lipinski definition) is 4. The molecule has 6 aliphatic rings. The lowest BCUT2D eigenvalue weighted by atomic mass is 9.56. The van der Waals surface area contributed by atoms with E-state index in [1.807, 2.05) is 6.92 Å². The second-order valence-electron chi connectivity index (χ2n) is 16.8. The van der Waals surface area contributed by atoms with Crippen LogP contribution < -0.4 is 16.4 Å². The molecule has 9 nitrogen and oxygen atoms in total. The third kappa shape index (κ3) is 7.04. The first-order valence-corrected chi connectivity index (χ1v) is 19.6. The molecule has 10 atom stereocenters. The van der Waals surface area contributed by atoms with Gasteiger partial charge in [-0.05, 0) is 113 Å². The van der Waals surface area contributed by atoms with Crippen molar-refractivity contribution in [3.05, 3.63) is 34.9 Å². The summed E-state index contributed by atoms with van der Waals surface area (Å²) in [4.78, 5) is 44.0. The number of Topliss-reactive ketones (excluding diaryl/α,β-unsaturated/α-hetero) is 2. The first kappa shape index (κ1) is 36.6. The maximum Gasteiger partial charge on any atom is 0.350 e. The number of epoxide rings is 1. The van der Waals surface area contributed by atoms with E-state index in [9.17, 15) is 19.5 Å². The van der Waals surface area contributed by atoms with E-state index < -0.39 is 29.0 Å². The largest absolute Gasteiger partial charge is 0.463 e. The van der Waals surface area contributed by atoms with Gasteiger partial charge in [0.2, 0.25) is 0 Å². The van der Waals surface area contributed by atoms with E-state index >= 15 is 0 Å². The zero-order chi connectivity index (χ0) is 34.9. The lowest BCUT2D eigenvalue weighted by Gasteiger charge is -2.42. The van der Waals surface area contributed by atoms with Crippen LogP contribution in [0.3, 0.4) is 0 Å². The number of aliphatic hydroxyl groups is 1. The molecule has 0 spiro atoms. The van der Waals surface area contributed by atoms with Crippen molar-refractivity contribution < 1.29 is 39.6 Å².